The second kappa shape index (κ2) is 11.0. The minimum atomic E-state index is -0.396. The van der Waals surface area contributed by atoms with Crippen LogP contribution in [0.2, 0.25) is 5.02 Å². The Labute approximate surface area is 220 Å². The number of hydrogen-bond acceptors (Lipinski definition) is 6. The van der Waals surface area contributed by atoms with Crippen molar-refractivity contribution in [1.82, 2.24) is 24.3 Å². The molecule has 0 amide bonds. The van der Waals surface area contributed by atoms with E-state index in [1.165, 1.54) is 0 Å². The number of nitriles is 1. The van der Waals surface area contributed by atoms with E-state index in [1.807, 2.05) is 56.6 Å². The molecule has 0 unspecified atom stereocenters. The quantitative estimate of drug-likeness (QED) is 0.259. The van der Waals surface area contributed by atoms with Gasteiger partial charge < -0.3 is 5.73 Å². The first-order chi connectivity index (χ1) is 17.9. The van der Waals surface area contributed by atoms with Crippen LogP contribution in [0, 0.1) is 17.2 Å². The number of nitrogen functional groups attached to an aromatic ring is 1. The molecule has 3 aromatic heterocycles. The Morgan fingerprint density at radius 3 is 2.73 bits per heavy atom. The SMILES string of the molecule is C/C=C(C#N)\C=C(/C)c1c2c(N)nc(=O)n(CC3CC3)c2nn1Cc1ccnc2ccc(Cl)cc12.CC. The second-order valence-corrected chi connectivity index (χ2v) is 9.29. The molecule has 0 spiro atoms. The molecule has 0 radical (unpaired) electrons. The Bertz CT molecular complexity index is 1630. The van der Waals surface area contributed by atoms with E-state index >= 15 is 0 Å². The first kappa shape index (κ1) is 26.1. The molecule has 0 bridgehead atoms. The van der Waals surface area contributed by atoms with E-state index in [1.54, 1.807) is 22.9 Å². The summed E-state index contributed by atoms with van der Waals surface area (Å²) in [6, 6.07) is 9.70. The maximum absolute atomic E-state index is 12.8. The summed E-state index contributed by atoms with van der Waals surface area (Å²) in [6.07, 6.45) is 7.46. The van der Waals surface area contributed by atoms with Gasteiger partial charge in [-0.3, -0.25) is 14.2 Å². The van der Waals surface area contributed by atoms with Gasteiger partial charge in [0.25, 0.3) is 0 Å². The predicted octanol–water partition coefficient (Wildman–Crippen LogP) is 5.73. The maximum Gasteiger partial charge on any atom is 0.351 e. The summed E-state index contributed by atoms with van der Waals surface area (Å²) < 4.78 is 3.46. The largest absolute Gasteiger partial charge is 0.383 e. The highest BCUT2D eigenvalue weighted by Gasteiger charge is 2.27. The molecule has 9 heteroatoms. The smallest absolute Gasteiger partial charge is 0.351 e. The van der Waals surface area contributed by atoms with E-state index in [0.717, 1.165) is 40.6 Å². The Balaban J connectivity index is 0.00000156. The van der Waals surface area contributed by atoms with Crippen molar-refractivity contribution in [3.8, 4) is 6.07 Å². The molecular weight excluding hydrogens is 486 g/mol. The maximum atomic E-state index is 12.8. The molecule has 37 heavy (non-hydrogen) atoms. The topological polar surface area (TPSA) is 115 Å². The molecule has 5 rings (SSSR count). The van der Waals surface area contributed by atoms with E-state index in [-0.39, 0.29) is 5.82 Å². The third-order valence-electron chi connectivity index (χ3n) is 6.33. The molecule has 8 nitrogen and oxygen atoms in total. The summed E-state index contributed by atoms with van der Waals surface area (Å²) >= 11 is 6.28. The highest BCUT2D eigenvalue weighted by molar-refractivity contribution is 6.31. The van der Waals surface area contributed by atoms with Gasteiger partial charge in [-0.25, -0.2) is 4.79 Å². The van der Waals surface area contributed by atoms with Crippen LogP contribution in [0.3, 0.4) is 0 Å². The van der Waals surface area contributed by atoms with Gasteiger partial charge in [-0.15, -0.1) is 0 Å². The fourth-order valence-corrected chi connectivity index (χ4v) is 4.55. The molecule has 2 N–H and O–H groups in total. The number of pyridine rings is 1. The van der Waals surface area contributed by atoms with Crippen molar-refractivity contribution in [2.24, 2.45) is 5.92 Å². The molecule has 1 aromatic carbocycles. The number of benzene rings is 1. The summed E-state index contributed by atoms with van der Waals surface area (Å²) in [5, 5.41) is 16.5. The summed E-state index contributed by atoms with van der Waals surface area (Å²) in [6.45, 7) is 8.68. The number of rotatable bonds is 6. The van der Waals surface area contributed by atoms with Crippen LogP contribution >= 0.6 is 11.6 Å². The Morgan fingerprint density at radius 1 is 1.30 bits per heavy atom. The van der Waals surface area contributed by atoms with Crippen molar-refractivity contribution in [3.05, 3.63) is 75.0 Å². The Hall–Kier alpha value is -3.96. The zero-order valence-corrected chi connectivity index (χ0v) is 22.3. The van der Waals surface area contributed by atoms with Crippen LogP contribution in [0.15, 0.2) is 53.0 Å². The molecule has 3 heterocycles. The lowest BCUT2D eigenvalue weighted by molar-refractivity contribution is 0.599. The molecule has 4 aromatic rings. The predicted molar refractivity (Wildman–Crippen MR) is 149 cm³/mol. The minimum Gasteiger partial charge on any atom is -0.383 e. The summed E-state index contributed by atoms with van der Waals surface area (Å²) in [4.78, 5) is 21.4. The van der Waals surface area contributed by atoms with Crippen LogP contribution in [-0.4, -0.2) is 24.3 Å². The van der Waals surface area contributed by atoms with Gasteiger partial charge in [-0.05, 0) is 74.1 Å². The molecule has 1 aliphatic carbocycles. The highest BCUT2D eigenvalue weighted by Crippen LogP contribution is 2.34. The lowest BCUT2D eigenvalue weighted by atomic mass is 10.1. The van der Waals surface area contributed by atoms with Gasteiger partial charge >= 0.3 is 5.69 Å². The zero-order valence-electron chi connectivity index (χ0n) is 21.5. The molecule has 1 aliphatic rings. The van der Waals surface area contributed by atoms with Crippen molar-refractivity contribution in [1.29, 1.82) is 5.26 Å². The van der Waals surface area contributed by atoms with Crippen molar-refractivity contribution < 1.29 is 0 Å². The third-order valence-corrected chi connectivity index (χ3v) is 6.57. The van der Waals surface area contributed by atoms with Crippen LogP contribution in [0.4, 0.5) is 5.82 Å². The van der Waals surface area contributed by atoms with Crippen molar-refractivity contribution in [2.75, 3.05) is 5.73 Å². The lowest BCUT2D eigenvalue weighted by Crippen LogP contribution is -2.25. The third kappa shape index (κ3) is 5.27. The Morgan fingerprint density at radius 2 is 2.05 bits per heavy atom. The van der Waals surface area contributed by atoms with Crippen molar-refractivity contribution >= 4 is 44.9 Å². The van der Waals surface area contributed by atoms with Gasteiger partial charge in [0.05, 0.1) is 29.2 Å². The molecule has 1 saturated carbocycles. The highest BCUT2D eigenvalue weighted by atomic mass is 35.5. The molecule has 0 aliphatic heterocycles. The number of nitrogens with two attached hydrogens (primary N) is 1. The van der Waals surface area contributed by atoms with Crippen LogP contribution in [0.25, 0.3) is 27.5 Å². The van der Waals surface area contributed by atoms with Crippen molar-refractivity contribution in [3.63, 3.8) is 0 Å². The number of fused-ring (bicyclic) bond motifs is 2. The summed E-state index contributed by atoms with van der Waals surface area (Å²) in [7, 11) is 0. The van der Waals surface area contributed by atoms with E-state index in [0.29, 0.717) is 40.6 Å². The first-order valence-corrected chi connectivity index (χ1v) is 12.8. The van der Waals surface area contributed by atoms with Crippen LogP contribution < -0.4 is 11.4 Å². The Kier molecular flexibility index (Phi) is 7.74. The lowest BCUT2D eigenvalue weighted by Gasteiger charge is -2.11. The van der Waals surface area contributed by atoms with Crippen LogP contribution in [0.1, 0.15) is 51.8 Å². The number of anilines is 1. The van der Waals surface area contributed by atoms with Gasteiger partial charge in [-0.2, -0.15) is 15.3 Å². The van der Waals surface area contributed by atoms with Gasteiger partial charge in [0.2, 0.25) is 0 Å². The monoisotopic (exact) mass is 515 g/mol. The number of nitrogens with zero attached hydrogens (tertiary/aromatic N) is 6. The number of aromatic nitrogens is 5. The second-order valence-electron chi connectivity index (χ2n) is 8.85. The van der Waals surface area contributed by atoms with Crippen LogP contribution in [-0.2, 0) is 13.1 Å². The standard InChI is InChI=1S/C26H24ClN7O.C2H6/c1-3-16(12-28)10-15(2)23-22-24(29)31-26(35)33(13-17-4-5-17)25(22)32-34(23)14-18-8-9-30-21-7-6-19(27)11-20(18)21;1-2/h3,6-11,17H,4-5,13-14H2,1-2H3,(H2,29,31,35);1-2H3/b15-10+,16-3+;. The molecule has 190 valence electrons. The van der Waals surface area contributed by atoms with Gasteiger partial charge in [0.1, 0.15) is 5.82 Å². The van der Waals surface area contributed by atoms with E-state index in [9.17, 15) is 10.1 Å². The minimum absolute atomic E-state index is 0.132. The van der Waals surface area contributed by atoms with E-state index in [4.69, 9.17) is 22.4 Å². The van der Waals surface area contributed by atoms with E-state index in [2.05, 4.69) is 16.0 Å². The van der Waals surface area contributed by atoms with E-state index < -0.39 is 5.69 Å². The zero-order chi connectivity index (χ0) is 26.7. The molecule has 1 fully saturated rings. The fraction of sp³-hybridized carbons (Fsp3) is 0.321. The van der Waals surface area contributed by atoms with Crippen molar-refractivity contribution in [2.45, 2.75) is 53.6 Å². The normalized spacial score (nSPS) is 13.9. The molecule has 0 atom stereocenters. The molecular formula is C28H30ClN7O. The first-order valence-electron chi connectivity index (χ1n) is 12.4. The average Bonchev–Trinajstić information content (AvgIpc) is 3.64. The van der Waals surface area contributed by atoms with Crippen LogP contribution in [0.5, 0.6) is 0 Å². The number of halogens is 1. The molecule has 0 saturated heterocycles. The fourth-order valence-electron chi connectivity index (χ4n) is 4.38. The number of hydrogen-bond donors (Lipinski definition) is 1. The van der Waals surface area contributed by atoms with Gasteiger partial charge in [0.15, 0.2) is 5.65 Å². The summed E-state index contributed by atoms with van der Waals surface area (Å²) in [5.74, 6) is 0.582. The summed E-state index contributed by atoms with van der Waals surface area (Å²) in [5.41, 5.74) is 10.2. The number of allylic oxidation sites excluding steroid dienone is 4. The van der Waals surface area contributed by atoms with Gasteiger partial charge in [0, 0.05) is 28.7 Å². The van der Waals surface area contributed by atoms with Gasteiger partial charge in [-0.1, -0.05) is 31.5 Å². The average molecular weight is 516 g/mol.